The van der Waals surface area contributed by atoms with Crippen molar-refractivity contribution in [3.05, 3.63) is 96.6 Å². The second-order valence-electron chi connectivity index (χ2n) is 17.6. The molecule has 1 fully saturated rings. The van der Waals surface area contributed by atoms with Gasteiger partial charge in [0.15, 0.2) is 0 Å². The Morgan fingerprint density at radius 1 is 0.787 bits per heavy atom. The molecular weight excluding hydrogens is 779 g/mol. The quantitative estimate of drug-likeness (QED) is 0.0420. The molecule has 61 heavy (non-hydrogen) atoms. The molecule has 6 atom stereocenters. The maximum Gasteiger partial charge on any atom is 0.230 e. The Balaban J connectivity index is 1.41. The number of nitrogens with zero attached hydrogens (tertiary/aromatic N) is 1. The normalized spacial score (nSPS) is 23.4. The minimum absolute atomic E-state index is 0.0352. The van der Waals surface area contributed by atoms with Gasteiger partial charge in [-0.1, -0.05) is 164 Å². The molecule has 338 valence electrons. The van der Waals surface area contributed by atoms with Gasteiger partial charge in [0.1, 0.15) is 24.7 Å². The minimum atomic E-state index is -0.953. The Kier molecular flexibility index (Phi) is 22.4. The molecule has 0 spiro atoms. The fourth-order valence-corrected chi connectivity index (χ4v) is 11.4. The van der Waals surface area contributed by atoms with Crippen molar-refractivity contribution >= 4 is 17.5 Å². The summed E-state index contributed by atoms with van der Waals surface area (Å²) >= 11 is 1.97. The van der Waals surface area contributed by atoms with Gasteiger partial charge >= 0.3 is 0 Å². The Morgan fingerprint density at radius 2 is 1.44 bits per heavy atom. The molecule has 2 aromatic rings. The lowest BCUT2D eigenvalue weighted by Crippen LogP contribution is -2.64. The third-order valence-corrected chi connectivity index (χ3v) is 14.5. The third-order valence-electron chi connectivity index (χ3n) is 13.1. The number of aliphatic hydroxyl groups is 2. The molecular formula is C53H79NO6S. The smallest absolute Gasteiger partial charge is 0.230 e. The van der Waals surface area contributed by atoms with E-state index in [-0.39, 0.29) is 42.1 Å². The number of fused-ring (bicyclic) bond motifs is 2. The van der Waals surface area contributed by atoms with Crippen LogP contribution in [0.2, 0.25) is 0 Å². The van der Waals surface area contributed by atoms with E-state index in [2.05, 4.69) is 50.4 Å². The van der Waals surface area contributed by atoms with Crippen molar-refractivity contribution in [3.8, 4) is 11.5 Å². The summed E-state index contributed by atoms with van der Waals surface area (Å²) in [7, 11) is 0. The topological polar surface area (TPSA) is 89.7 Å². The summed E-state index contributed by atoms with van der Waals surface area (Å²) in [6, 6.07) is 16.5. The molecule has 0 saturated heterocycles. The zero-order valence-corrected chi connectivity index (χ0v) is 38.4. The van der Waals surface area contributed by atoms with E-state index >= 15 is 0 Å². The summed E-state index contributed by atoms with van der Waals surface area (Å²) in [5.41, 5.74) is 4.36. The number of ether oxygens (including phenoxy) is 3. The van der Waals surface area contributed by atoms with E-state index in [4.69, 9.17) is 24.2 Å². The highest BCUT2D eigenvalue weighted by molar-refractivity contribution is 8.00. The number of hydrogen-bond donors (Lipinski definition) is 2. The number of benzene rings is 2. The highest BCUT2D eigenvalue weighted by Crippen LogP contribution is 2.62. The molecule has 1 saturated carbocycles. The van der Waals surface area contributed by atoms with Crippen molar-refractivity contribution in [2.24, 2.45) is 22.9 Å². The van der Waals surface area contributed by atoms with E-state index in [0.717, 1.165) is 84.6 Å². The van der Waals surface area contributed by atoms with Gasteiger partial charge in [-0.3, -0.25) is 0 Å². The Morgan fingerprint density at radius 3 is 2.10 bits per heavy atom. The highest BCUT2D eigenvalue weighted by atomic mass is 32.2. The number of rotatable bonds is 33. The van der Waals surface area contributed by atoms with Crippen LogP contribution in [0.15, 0.2) is 90.6 Å². The summed E-state index contributed by atoms with van der Waals surface area (Å²) in [4.78, 5) is 6.25. The Hall–Kier alpha value is -3.04. The van der Waals surface area contributed by atoms with Gasteiger partial charge in [-0.15, -0.1) is 6.58 Å². The van der Waals surface area contributed by atoms with Gasteiger partial charge in [0.25, 0.3) is 0 Å². The predicted octanol–water partition coefficient (Wildman–Crippen LogP) is 13.3. The van der Waals surface area contributed by atoms with Crippen molar-refractivity contribution in [1.29, 1.82) is 0 Å². The highest BCUT2D eigenvalue weighted by Gasteiger charge is 2.64. The lowest BCUT2D eigenvalue weighted by atomic mass is 9.56. The van der Waals surface area contributed by atoms with Crippen LogP contribution in [0, 0.1) is 17.8 Å². The van der Waals surface area contributed by atoms with E-state index in [9.17, 15) is 10.2 Å². The summed E-state index contributed by atoms with van der Waals surface area (Å²) in [5.74, 6) is 2.10. The Labute approximate surface area is 373 Å². The molecule has 0 aromatic heterocycles. The van der Waals surface area contributed by atoms with Crippen molar-refractivity contribution in [2.75, 3.05) is 32.2 Å². The van der Waals surface area contributed by atoms with Crippen LogP contribution in [-0.4, -0.2) is 59.1 Å². The number of thioether (sulfide) groups is 1. The first-order valence-corrected chi connectivity index (χ1v) is 25.2. The SMILES string of the molecule is C=CCOc1ccc2c(c1)C1C(CCCCO)C(CCCCO)C=C3C(=NOCc4ccccc4)CC(SCCCCCCCCCCCCCCCC)C(OCC=C)(O2)C31. The van der Waals surface area contributed by atoms with Gasteiger partial charge in [0, 0.05) is 31.1 Å². The van der Waals surface area contributed by atoms with Crippen LogP contribution in [-0.2, 0) is 16.2 Å². The van der Waals surface area contributed by atoms with E-state index in [1.165, 1.54) is 83.5 Å². The lowest BCUT2D eigenvalue weighted by Gasteiger charge is -2.58. The summed E-state index contributed by atoms with van der Waals surface area (Å²) < 4.78 is 20.6. The molecule has 8 heteroatoms. The molecule has 1 aliphatic heterocycles. The minimum Gasteiger partial charge on any atom is -0.490 e. The van der Waals surface area contributed by atoms with Crippen molar-refractivity contribution in [1.82, 2.24) is 0 Å². The van der Waals surface area contributed by atoms with Crippen LogP contribution in [0.3, 0.4) is 0 Å². The van der Waals surface area contributed by atoms with Crippen molar-refractivity contribution < 1.29 is 29.3 Å². The Bertz CT molecular complexity index is 1610. The van der Waals surface area contributed by atoms with Crippen molar-refractivity contribution in [2.45, 2.75) is 165 Å². The van der Waals surface area contributed by atoms with Gasteiger partial charge < -0.3 is 29.3 Å². The third kappa shape index (κ3) is 14.5. The fraction of sp³-hybridized carbons (Fsp3) is 0.642. The zero-order valence-electron chi connectivity index (χ0n) is 37.6. The summed E-state index contributed by atoms with van der Waals surface area (Å²) in [6.07, 6.45) is 30.9. The molecule has 5 rings (SSSR count). The van der Waals surface area contributed by atoms with Gasteiger partial charge in [-0.05, 0) is 79.0 Å². The zero-order chi connectivity index (χ0) is 43.0. The van der Waals surface area contributed by atoms with Gasteiger partial charge in [0.05, 0.1) is 23.5 Å². The number of oxime groups is 1. The summed E-state index contributed by atoms with van der Waals surface area (Å²) in [5, 5.41) is 24.7. The first kappa shape index (κ1) is 49.0. The van der Waals surface area contributed by atoms with E-state index in [1.807, 2.05) is 42.1 Å². The number of unbranched alkanes of at least 4 members (excludes halogenated alkanes) is 15. The fourth-order valence-electron chi connectivity index (χ4n) is 10.0. The second-order valence-corrected chi connectivity index (χ2v) is 18.9. The van der Waals surface area contributed by atoms with Crippen LogP contribution in [0.1, 0.15) is 159 Å². The molecule has 0 radical (unpaired) electrons. The van der Waals surface area contributed by atoms with Crippen LogP contribution in [0.5, 0.6) is 11.5 Å². The van der Waals surface area contributed by atoms with Crippen LogP contribution >= 0.6 is 11.8 Å². The average Bonchev–Trinajstić information content (AvgIpc) is 3.28. The molecule has 2 aliphatic carbocycles. The molecule has 1 heterocycles. The van der Waals surface area contributed by atoms with Crippen LogP contribution < -0.4 is 9.47 Å². The van der Waals surface area contributed by atoms with Gasteiger partial charge in [-0.2, -0.15) is 11.8 Å². The molecule has 3 aliphatic rings. The van der Waals surface area contributed by atoms with Gasteiger partial charge in [0.2, 0.25) is 5.79 Å². The van der Waals surface area contributed by atoms with E-state index in [0.29, 0.717) is 26.2 Å². The standard InChI is InChI=1S/C53H79NO6S/c1-4-7-8-9-10-11-12-13-14-15-16-17-18-26-37-61-50-40-48(54-59-41-42-27-20-19-21-28-42)46-38-43(29-22-24-33-55)45(30-23-25-34-56)51-47-39-44(57-35-5-2)31-32-49(47)60-53(50,52(46)51)58-36-6-3/h5-6,19-21,27-28,31-32,38-39,43,45,50-52,55-56H,2-4,7-18,22-26,29-30,33-37,40-41H2,1H3. The predicted molar refractivity (Wildman–Crippen MR) is 255 cm³/mol. The largest absolute Gasteiger partial charge is 0.490 e. The lowest BCUT2D eigenvalue weighted by molar-refractivity contribution is -0.223. The number of allylic oxidation sites excluding steroid dienone is 1. The van der Waals surface area contributed by atoms with Crippen molar-refractivity contribution in [3.63, 3.8) is 0 Å². The maximum atomic E-state index is 9.93. The first-order chi connectivity index (χ1) is 30.1. The number of hydrogen-bond acceptors (Lipinski definition) is 8. The molecule has 2 aromatic carbocycles. The molecule has 0 bridgehead atoms. The second kappa shape index (κ2) is 27.9. The molecule has 0 amide bonds. The maximum absolute atomic E-state index is 9.93. The molecule has 6 unspecified atom stereocenters. The molecule has 2 N–H and O–H groups in total. The van der Waals surface area contributed by atoms with E-state index < -0.39 is 5.79 Å². The molecule has 7 nitrogen and oxygen atoms in total. The van der Waals surface area contributed by atoms with Gasteiger partial charge in [-0.25, -0.2) is 0 Å². The summed E-state index contributed by atoms with van der Waals surface area (Å²) in [6.45, 7) is 11.8. The van der Waals surface area contributed by atoms with Crippen LogP contribution in [0.25, 0.3) is 0 Å². The number of aliphatic hydroxyl groups excluding tert-OH is 2. The monoisotopic (exact) mass is 858 g/mol. The first-order valence-electron chi connectivity index (χ1n) is 24.2. The van der Waals surface area contributed by atoms with E-state index in [1.54, 1.807) is 6.08 Å². The average molecular weight is 858 g/mol. The van der Waals surface area contributed by atoms with Crippen LogP contribution in [0.4, 0.5) is 0 Å².